The summed E-state index contributed by atoms with van der Waals surface area (Å²) in [5.74, 6) is 2.11. The molecule has 1 fully saturated rings. The summed E-state index contributed by atoms with van der Waals surface area (Å²) in [6, 6.07) is 4.23. The molecule has 1 aromatic carbocycles. The van der Waals surface area contributed by atoms with Gasteiger partial charge in [-0.05, 0) is 12.1 Å². The number of alkyl halides is 2. The summed E-state index contributed by atoms with van der Waals surface area (Å²) in [4.78, 5) is 13.2. The number of nitrogens with zero attached hydrogens (tertiary/aromatic N) is 1. The number of fused-ring (bicyclic) bond motifs is 1. The normalized spacial score (nSPS) is 23.5. The summed E-state index contributed by atoms with van der Waals surface area (Å²) < 4.78 is 34.4. The second-order valence-electron chi connectivity index (χ2n) is 4.37. The Morgan fingerprint density at radius 1 is 1.37 bits per heavy atom. The molecule has 98 valence electrons. The first-order chi connectivity index (χ1) is 8.98. The average molecular weight is 265 g/mol. The molecule has 19 heavy (non-hydrogen) atoms. The molecule has 1 aromatic rings. The number of terminal acetylenes is 1. The van der Waals surface area contributed by atoms with Gasteiger partial charge in [0.15, 0.2) is 11.5 Å². The van der Waals surface area contributed by atoms with Crippen LogP contribution in [0.4, 0.5) is 14.5 Å². The van der Waals surface area contributed by atoms with Gasteiger partial charge in [-0.15, -0.1) is 21.1 Å². The van der Waals surface area contributed by atoms with Crippen molar-refractivity contribution in [1.29, 1.82) is 0 Å². The second-order valence-corrected chi connectivity index (χ2v) is 4.37. The molecule has 0 radical (unpaired) electrons. The Bertz CT molecular complexity index is 594. The van der Waals surface area contributed by atoms with Crippen molar-refractivity contribution in [3.63, 3.8) is 0 Å². The first-order valence-electron chi connectivity index (χ1n) is 5.65. The van der Waals surface area contributed by atoms with E-state index in [1.807, 2.05) is 0 Å². The van der Waals surface area contributed by atoms with Crippen LogP contribution in [0, 0.1) is 18.3 Å². The van der Waals surface area contributed by atoms with Crippen LogP contribution in [0.5, 0.6) is 11.5 Å². The molecule has 1 unspecified atom stereocenters. The van der Waals surface area contributed by atoms with Crippen molar-refractivity contribution in [3.8, 4) is 23.8 Å². The Hall–Kier alpha value is -2.29. The van der Waals surface area contributed by atoms with Gasteiger partial charge < -0.3 is 14.4 Å². The van der Waals surface area contributed by atoms with Crippen molar-refractivity contribution in [2.75, 3.05) is 11.4 Å². The van der Waals surface area contributed by atoms with Crippen molar-refractivity contribution in [2.24, 2.45) is 5.92 Å². The van der Waals surface area contributed by atoms with E-state index in [1.54, 1.807) is 0 Å². The van der Waals surface area contributed by atoms with Crippen LogP contribution in [0.1, 0.15) is 6.42 Å². The predicted octanol–water partition coefficient (Wildman–Crippen LogP) is 1.99. The Morgan fingerprint density at radius 2 is 2.11 bits per heavy atom. The number of halogens is 2. The third-order valence-corrected chi connectivity index (χ3v) is 3.06. The second kappa shape index (κ2) is 3.85. The molecule has 0 aromatic heterocycles. The summed E-state index contributed by atoms with van der Waals surface area (Å²) in [5, 5.41) is 0. The minimum atomic E-state index is -3.66. The maximum atomic E-state index is 12.9. The average Bonchev–Trinajstić information content (AvgIpc) is 2.86. The molecule has 1 amide bonds. The van der Waals surface area contributed by atoms with Crippen LogP contribution in [0.3, 0.4) is 0 Å². The molecule has 4 nitrogen and oxygen atoms in total. The van der Waals surface area contributed by atoms with Crippen molar-refractivity contribution >= 4 is 11.6 Å². The molecule has 0 N–H and O–H groups in total. The first-order valence-corrected chi connectivity index (χ1v) is 5.65. The van der Waals surface area contributed by atoms with Crippen molar-refractivity contribution < 1.29 is 23.0 Å². The monoisotopic (exact) mass is 265 g/mol. The molecular weight excluding hydrogens is 256 g/mol. The predicted molar refractivity (Wildman–Crippen MR) is 61.9 cm³/mol. The van der Waals surface area contributed by atoms with Crippen LogP contribution in [0.15, 0.2) is 18.2 Å². The SMILES string of the molecule is C#CC1CC(=O)N(c2ccc3c(c2)OC(F)(F)O3)C1. The van der Waals surface area contributed by atoms with Crippen molar-refractivity contribution in [3.05, 3.63) is 18.2 Å². The summed E-state index contributed by atoms with van der Waals surface area (Å²) in [6.07, 6.45) is 1.90. The van der Waals surface area contributed by atoms with Gasteiger partial charge >= 0.3 is 6.29 Å². The molecule has 3 rings (SSSR count). The summed E-state index contributed by atoms with van der Waals surface area (Å²) >= 11 is 0. The number of anilines is 1. The van der Waals surface area contributed by atoms with Gasteiger partial charge in [0.05, 0.1) is 0 Å². The highest BCUT2D eigenvalue weighted by molar-refractivity contribution is 5.96. The number of hydrogen-bond acceptors (Lipinski definition) is 3. The van der Waals surface area contributed by atoms with Gasteiger partial charge in [0.25, 0.3) is 0 Å². The fraction of sp³-hybridized carbons (Fsp3) is 0.308. The molecule has 0 aliphatic carbocycles. The number of ether oxygens (including phenoxy) is 2. The van der Waals surface area contributed by atoms with E-state index in [9.17, 15) is 13.6 Å². The standard InChI is InChI=1S/C13H9F2NO3/c1-2-8-5-12(17)16(7-8)9-3-4-10-11(6-9)19-13(14,15)18-10/h1,3-4,6,8H,5,7H2. The molecule has 6 heteroatoms. The van der Waals surface area contributed by atoms with Gasteiger partial charge in [-0.1, -0.05) is 0 Å². The summed E-state index contributed by atoms with van der Waals surface area (Å²) in [5.41, 5.74) is 0.475. The minimum absolute atomic E-state index is 0.0473. The van der Waals surface area contributed by atoms with E-state index in [0.29, 0.717) is 12.2 Å². The van der Waals surface area contributed by atoms with E-state index in [1.165, 1.54) is 23.1 Å². The fourth-order valence-electron chi connectivity index (χ4n) is 2.17. The van der Waals surface area contributed by atoms with E-state index in [-0.39, 0.29) is 29.7 Å². The topological polar surface area (TPSA) is 38.8 Å². The van der Waals surface area contributed by atoms with Crippen LogP contribution in [-0.2, 0) is 4.79 Å². The van der Waals surface area contributed by atoms with Gasteiger partial charge in [0, 0.05) is 30.6 Å². The van der Waals surface area contributed by atoms with Gasteiger partial charge in [0.1, 0.15) is 0 Å². The largest absolute Gasteiger partial charge is 0.586 e. The lowest BCUT2D eigenvalue weighted by Crippen LogP contribution is -2.26. The molecule has 2 aliphatic rings. The van der Waals surface area contributed by atoms with Gasteiger partial charge in [-0.3, -0.25) is 4.79 Å². The molecule has 0 spiro atoms. The Kier molecular flexibility index (Phi) is 2.39. The Balaban J connectivity index is 1.89. The van der Waals surface area contributed by atoms with Crippen LogP contribution in [0.25, 0.3) is 0 Å². The number of benzene rings is 1. The van der Waals surface area contributed by atoms with E-state index in [0.717, 1.165) is 0 Å². The molecule has 2 aliphatic heterocycles. The summed E-state index contributed by atoms with van der Waals surface area (Å²) in [7, 11) is 0. The number of rotatable bonds is 1. The first kappa shape index (κ1) is 11.8. The van der Waals surface area contributed by atoms with E-state index in [2.05, 4.69) is 15.4 Å². The zero-order valence-electron chi connectivity index (χ0n) is 9.73. The highest BCUT2D eigenvalue weighted by Crippen LogP contribution is 2.43. The van der Waals surface area contributed by atoms with Gasteiger partial charge in [0.2, 0.25) is 5.91 Å². The van der Waals surface area contributed by atoms with Crippen LogP contribution in [0.2, 0.25) is 0 Å². The zero-order valence-corrected chi connectivity index (χ0v) is 9.73. The quantitative estimate of drug-likeness (QED) is 0.729. The van der Waals surface area contributed by atoms with Crippen LogP contribution >= 0.6 is 0 Å². The third-order valence-electron chi connectivity index (χ3n) is 3.06. The zero-order chi connectivity index (χ0) is 13.6. The minimum Gasteiger partial charge on any atom is -0.395 e. The number of carbonyl (C=O) groups is 1. The third kappa shape index (κ3) is 1.97. The lowest BCUT2D eigenvalue weighted by atomic mass is 10.1. The van der Waals surface area contributed by atoms with Crippen LogP contribution in [-0.4, -0.2) is 18.7 Å². The number of amides is 1. The number of carbonyl (C=O) groups excluding carboxylic acids is 1. The summed E-state index contributed by atoms with van der Waals surface area (Å²) in [6.45, 7) is 0.380. The van der Waals surface area contributed by atoms with Crippen molar-refractivity contribution in [2.45, 2.75) is 12.7 Å². The maximum absolute atomic E-state index is 12.9. The molecule has 1 atom stereocenters. The highest BCUT2D eigenvalue weighted by atomic mass is 19.3. The lowest BCUT2D eigenvalue weighted by molar-refractivity contribution is -0.286. The van der Waals surface area contributed by atoms with Crippen molar-refractivity contribution in [1.82, 2.24) is 0 Å². The van der Waals surface area contributed by atoms with E-state index < -0.39 is 6.29 Å². The van der Waals surface area contributed by atoms with Gasteiger partial charge in [-0.2, -0.15) is 0 Å². The number of hydrogen-bond donors (Lipinski definition) is 0. The lowest BCUT2D eigenvalue weighted by Gasteiger charge is -2.16. The molecule has 0 saturated carbocycles. The molecular formula is C13H9F2NO3. The van der Waals surface area contributed by atoms with Crippen LogP contribution < -0.4 is 14.4 Å². The molecule has 1 saturated heterocycles. The highest BCUT2D eigenvalue weighted by Gasteiger charge is 2.43. The Labute approximate surface area is 107 Å². The molecule has 0 bridgehead atoms. The van der Waals surface area contributed by atoms with Gasteiger partial charge in [-0.25, -0.2) is 0 Å². The fourth-order valence-corrected chi connectivity index (χ4v) is 2.17. The maximum Gasteiger partial charge on any atom is 0.586 e. The molecule has 2 heterocycles. The van der Waals surface area contributed by atoms with E-state index in [4.69, 9.17) is 6.42 Å². The van der Waals surface area contributed by atoms with E-state index >= 15 is 0 Å². The smallest absolute Gasteiger partial charge is 0.395 e. The Morgan fingerprint density at radius 3 is 2.79 bits per heavy atom.